The summed E-state index contributed by atoms with van der Waals surface area (Å²) in [5, 5.41) is 24.4. The number of aliphatic hydroxyl groups excluding tert-OH is 2. The first-order chi connectivity index (χ1) is 11.7. The van der Waals surface area contributed by atoms with Crippen LogP contribution in [0.4, 0.5) is 0 Å². The third-order valence-electron chi connectivity index (χ3n) is 3.89. The molecule has 0 fully saturated rings. The number of aliphatic hydroxyl groups is 2. The fraction of sp³-hybridized carbons (Fsp3) is 0.263. The number of H-pyrrole nitrogens is 1. The van der Waals surface area contributed by atoms with E-state index in [4.69, 9.17) is 4.74 Å². The molecule has 0 radical (unpaired) electrons. The minimum absolute atomic E-state index is 0.209. The monoisotopic (exact) mass is 326 g/mol. The van der Waals surface area contributed by atoms with Gasteiger partial charge >= 0.3 is 0 Å². The van der Waals surface area contributed by atoms with Crippen LogP contribution < -0.4 is 10.1 Å². The standard InChI is InChI=1S/C19H22N2O3/c22-14(13-24-15-5-2-1-3-6-15)11-20-12-19(23)17-7-4-8-18-16(17)9-10-21-18/h1-10,14,19-23H,11-13H2. The van der Waals surface area contributed by atoms with Crippen LogP contribution in [0.15, 0.2) is 60.8 Å². The van der Waals surface area contributed by atoms with Crippen LogP contribution >= 0.6 is 0 Å². The molecule has 24 heavy (non-hydrogen) atoms. The molecular formula is C19H22N2O3. The van der Waals surface area contributed by atoms with Gasteiger partial charge in [0.05, 0.1) is 6.10 Å². The molecule has 2 atom stereocenters. The Morgan fingerprint density at radius 2 is 1.79 bits per heavy atom. The van der Waals surface area contributed by atoms with Crippen molar-refractivity contribution in [1.82, 2.24) is 10.3 Å². The predicted octanol–water partition coefficient (Wildman–Crippen LogP) is 2.23. The fourth-order valence-electron chi connectivity index (χ4n) is 2.66. The van der Waals surface area contributed by atoms with E-state index in [0.29, 0.717) is 13.1 Å². The van der Waals surface area contributed by atoms with E-state index in [0.717, 1.165) is 22.2 Å². The zero-order valence-electron chi connectivity index (χ0n) is 13.4. The molecule has 3 aromatic rings. The van der Waals surface area contributed by atoms with Crippen LogP contribution in [0.5, 0.6) is 5.75 Å². The number of rotatable bonds is 8. The minimum atomic E-state index is -0.638. The lowest BCUT2D eigenvalue weighted by Crippen LogP contribution is -2.33. The second-order valence-corrected chi connectivity index (χ2v) is 5.74. The summed E-state index contributed by atoms with van der Waals surface area (Å²) in [6, 6.07) is 17.1. The quantitative estimate of drug-likeness (QED) is 0.512. The second-order valence-electron chi connectivity index (χ2n) is 5.74. The van der Waals surface area contributed by atoms with Crippen molar-refractivity contribution >= 4 is 10.9 Å². The first-order valence-corrected chi connectivity index (χ1v) is 8.05. The molecule has 0 aliphatic heterocycles. The van der Waals surface area contributed by atoms with E-state index in [1.54, 1.807) is 0 Å². The zero-order chi connectivity index (χ0) is 16.8. The van der Waals surface area contributed by atoms with Crippen molar-refractivity contribution in [2.24, 2.45) is 0 Å². The smallest absolute Gasteiger partial charge is 0.119 e. The molecule has 0 saturated carbocycles. The summed E-state index contributed by atoms with van der Waals surface area (Å²) in [5.74, 6) is 0.732. The molecule has 0 bridgehead atoms. The van der Waals surface area contributed by atoms with Gasteiger partial charge in [-0.25, -0.2) is 0 Å². The first-order valence-electron chi connectivity index (χ1n) is 8.05. The number of nitrogens with one attached hydrogen (secondary N) is 2. The molecule has 0 aliphatic carbocycles. The average Bonchev–Trinajstić information content (AvgIpc) is 3.09. The Hall–Kier alpha value is -2.34. The summed E-state index contributed by atoms with van der Waals surface area (Å²) in [7, 11) is 0. The number of hydrogen-bond acceptors (Lipinski definition) is 4. The molecular weight excluding hydrogens is 304 g/mol. The maximum Gasteiger partial charge on any atom is 0.119 e. The predicted molar refractivity (Wildman–Crippen MR) is 94.1 cm³/mol. The fourth-order valence-corrected chi connectivity index (χ4v) is 2.66. The van der Waals surface area contributed by atoms with Crippen molar-refractivity contribution in [3.05, 3.63) is 66.4 Å². The number of benzene rings is 2. The third-order valence-corrected chi connectivity index (χ3v) is 3.89. The second kappa shape index (κ2) is 7.97. The largest absolute Gasteiger partial charge is 0.491 e. The molecule has 126 valence electrons. The van der Waals surface area contributed by atoms with Crippen molar-refractivity contribution < 1.29 is 14.9 Å². The van der Waals surface area contributed by atoms with Crippen LogP contribution in [-0.2, 0) is 0 Å². The first kappa shape index (κ1) is 16.5. The highest BCUT2D eigenvalue weighted by molar-refractivity contribution is 5.83. The Morgan fingerprint density at radius 1 is 0.958 bits per heavy atom. The lowest BCUT2D eigenvalue weighted by atomic mass is 10.0. The van der Waals surface area contributed by atoms with Crippen molar-refractivity contribution in [3.8, 4) is 5.75 Å². The lowest BCUT2D eigenvalue weighted by Gasteiger charge is -2.16. The van der Waals surface area contributed by atoms with Gasteiger partial charge in [-0.2, -0.15) is 0 Å². The molecule has 4 N–H and O–H groups in total. The Balaban J connectivity index is 1.45. The summed E-state index contributed by atoms with van der Waals surface area (Å²) in [4.78, 5) is 3.13. The number of para-hydroxylation sites is 1. The van der Waals surface area contributed by atoms with E-state index < -0.39 is 12.2 Å². The number of ether oxygens (including phenoxy) is 1. The van der Waals surface area contributed by atoms with Crippen LogP contribution in [0.3, 0.4) is 0 Å². The number of aromatic amines is 1. The van der Waals surface area contributed by atoms with Gasteiger partial charge in [0.15, 0.2) is 0 Å². The summed E-state index contributed by atoms with van der Waals surface area (Å²) in [6.45, 7) is 0.931. The van der Waals surface area contributed by atoms with Gasteiger partial charge in [0.1, 0.15) is 18.5 Å². The molecule has 5 heteroatoms. The minimum Gasteiger partial charge on any atom is -0.491 e. The lowest BCUT2D eigenvalue weighted by molar-refractivity contribution is 0.0998. The molecule has 1 heterocycles. The Morgan fingerprint density at radius 3 is 2.62 bits per heavy atom. The Bertz CT molecular complexity index is 757. The van der Waals surface area contributed by atoms with Gasteiger partial charge in [-0.05, 0) is 29.8 Å². The topological polar surface area (TPSA) is 77.5 Å². The highest BCUT2D eigenvalue weighted by Crippen LogP contribution is 2.23. The molecule has 2 aromatic carbocycles. The Labute approximate surface area is 140 Å². The van der Waals surface area contributed by atoms with Crippen molar-refractivity contribution in [2.75, 3.05) is 19.7 Å². The van der Waals surface area contributed by atoms with Crippen LogP contribution in [0.25, 0.3) is 10.9 Å². The van der Waals surface area contributed by atoms with Gasteiger partial charge in [-0.3, -0.25) is 0 Å². The molecule has 3 rings (SSSR count). The molecule has 0 aliphatic rings. The van der Waals surface area contributed by atoms with Gasteiger partial charge in [0.2, 0.25) is 0 Å². The highest BCUT2D eigenvalue weighted by atomic mass is 16.5. The summed E-state index contributed by atoms with van der Waals surface area (Å²) < 4.78 is 5.50. The van der Waals surface area contributed by atoms with Gasteiger partial charge < -0.3 is 25.3 Å². The van der Waals surface area contributed by atoms with Crippen molar-refractivity contribution in [3.63, 3.8) is 0 Å². The molecule has 0 spiro atoms. The van der Waals surface area contributed by atoms with Gasteiger partial charge in [0, 0.05) is 30.2 Å². The number of fused-ring (bicyclic) bond motifs is 1. The van der Waals surface area contributed by atoms with Crippen molar-refractivity contribution in [1.29, 1.82) is 0 Å². The SMILES string of the molecule is OC(CNCC(O)c1cccc2[nH]ccc12)COc1ccccc1. The van der Waals surface area contributed by atoms with Crippen molar-refractivity contribution in [2.45, 2.75) is 12.2 Å². The van der Waals surface area contributed by atoms with E-state index >= 15 is 0 Å². The molecule has 2 unspecified atom stereocenters. The van der Waals surface area contributed by atoms with E-state index in [1.807, 2.05) is 60.8 Å². The highest BCUT2D eigenvalue weighted by Gasteiger charge is 2.12. The average molecular weight is 326 g/mol. The molecule has 0 amide bonds. The summed E-state index contributed by atoms with van der Waals surface area (Å²) in [6.07, 6.45) is 0.589. The van der Waals surface area contributed by atoms with E-state index in [-0.39, 0.29) is 6.61 Å². The van der Waals surface area contributed by atoms with E-state index in [9.17, 15) is 10.2 Å². The maximum atomic E-state index is 10.4. The van der Waals surface area contributed by atoms with E-state index in [1.165, 1.54) is 0 Å². The molecule has 5 nitrogen and oxygen atoms in total. The summed E-state index contributed by atoms with van der Waals surface area (Å²) in [5.41, 5.74) is 1.87. The molecule has 0 saturated heterocycles. The normalized spacial score (nSPS) is 13.8. The number of aromatic nitrogens is 1. The number of hydrogen-bond donors (Lipinski definition) is 4. The summed E-state index contributed by atoms with van der Waals surface area (Å²) >= 11 is 0. The van der Waals surface area contributed by atoms with Crippen LogP contribution in [-0.4, -0.2) is 41.0 Å². The van der Waals surface area contributed by atoms with Gasteiger partial charge in [0.25, 0.3) is 0 Å². The third kappa shape index (κ3) is 4.14. The molecule has 1 aromatic heterocycles. The van der Waals surface area contributed by atoms with E-state index in [2.05, 4.69) is 10.3 Å². The van der Waals surface area contributed by atoms with Gasteiger partial charge in [-0.1, -0.05) is 30.3 Å². The zero-order valence-corrected chi connectivity index (χ0v) is 13.4. The van der Waals surface area contributed by atoms with Crippen LogP contribution in [0.1, 0.15) is 11.7 Å². The van der Waals surface area contributed by atoms with Crippen LogP contribution in [0, 0.1) is 0 Å². The van der Waals surface area contributed by atoms with Gasteiger partial charge in [-0.15, -0.1) is 0 Å². The Kier molecular flexibility index (Phi) is 5.48. The van der Waals surface area contributed by atoms with Crippen LogP contribution in [0.2, 0.25) is 0 Å². The maximum absolute atomic E-state index is 10.4.